The molecule has 0 aliphatic carbocycles. The second-order valence-corrected chi connectivity index (χ2v) is 5.48. The number of thiazole rings is 1. The Morgan fingerprint density at radius 2 is 2.42 bits per heavy atom. The Morgan fingerprint density at radius 1 is 1.63 bits per heavy atom. The number of rotatable bonds is 4. The third-order valence-corrected chi connectivity index (χ3v) is 3.75. The van der Waals surface area contributed by atoms with Crippen molar-refractivity contribution in [1.82, 2.24) is 10.3 Å². The maximum Gasteiger partial charge on any atom is 0.358 e. The number of piperidine rings is 1. The van der Waals surface area contributed by atoms with Crippen LogP contribution >= 0.6 is 11.3 Å². The van der Waals surface area contributed by atoms with Crippen molar-refractivity contribution in [3.63, 3.8) is 0 Å². The number of nitrogens with zero attached hydrogens (tertiary/aromatic N) is 1. The van der Waals surface area contributed by atoms with Crippen LogP contribution in [0.15, 0.2) is 0 Å². The molecule has 1 fully saturated rings. The van der Waals surface area contributed by atoms with Crippen molar-refractivity contribution >= 4 is 28.3 Å². The van der Waals surface area contributed by atoms with Crippen LogP contribution in [0.2, 0.25) is 0 Å². The van der Waals surface area contributed by atoms with Crippen LogP contribution in [0.4, 0.5) is 5.13 Å². The number of carbonyl (C=O) groups excluding carboxylic acids is 2. The van der Waals surface area contributed by atoms with E-state index >= 15 is 0 Å². The first-order valence-electron chi connectivity index (χ1n) is 6.30. The molecule has 1 unspecified atom stereocenters. The molecular weight excluding hydrogens is 266 g/mol. The fourth-order valence-corrected chi connectivity index (χ4v) is 2.76. The molecule has 1 atom stereocenters. The van der Waals surface area contributed by atoms with Crippen molar-refractivity contribution in [1.29, 1.82) is 0 Å². The summed E-state index contributed by atoms with van der Waals surface area (Å²) >= 11 is 1.36. The second-order valence-electron chi connectivity index (χ2n) is 4.27. The Hall–Kier alpha value is -1.63. The van der Waals surface area contributed by atoms with Crippen LogP contribution in [0, 0.1) is 6.92 Å². The van der Waals surface area contributed by atoms with Crippen molar-refractivity contribution in [2.75, 3.05) is 18.5 Å². The Kier molecular flexibility index (Phi) is 4.36. The first-order valence-corrected chi connectivity index (χ1v) is 7.12. The maximum absolute atomic E-state index is 11.7. The van der Waals surface area contributed by atoms with Gasteiger partial charge in [0.05, 0.1) is 6.61 Å². The standard InChI is InChI=1S/C12H17N3O3S/c1-3-18-11(17)9-7(2)19-12(15-9)14-8-5-4-6-13-10(8)16/h8H,3-6H2,1-2H3,(H,13,16)(H,14,15). The Balaban J connectivity index is 2.07. The molecule has 19 heavy (non-hydrogen) atoms. The Bertz CT molecular complexity index is 487. The van der Waals surface area contributed by atoms with Crippen LogP contribution in [0.5, 0.6) is 0 Å². The van der Waals surface area contributed by atoms with Crippen LogP contribution in [0.3, 0.4) is 0 Å². The summed E-state index contributed by atoms with van der Waals surface area (Å²) in [6.45, 7) is 4.62. The van der Waals surface area contributed by atoms with E-state index in [9.17, 15) is 9.59 Å². The van der Waals surface area contributed by atoms with Gasteiger partial charge in [0.25, 0.3) is 0 Å². The van der Waals surface area contributed by atoms with Gasteiger partial charge >= 0.3 is 5.97 Å². The van der Waals surface area contributed by atoms with Gasteiger partial charge in [-0.25, -0.2) is 9.78 Å². The van der Waals surface area contributed by atoms with Gasteiger partial charge in [0.15, 0.2) is 10.8 Å². The lowest BCUT2D eigenvalue weighted by Crippen LogP contribution is -2.44. The quantitative estimate of drug-likeness (QED) is 0.815. The molecule has 1 aliphatic heterocycles. The Labute approximate surface area is 115 Å². The molecule has 0 aromatic carbocycles. The molecule has 104 valence electrons. The van der Waals surface area contributed by atoms with Crippen LogP contribution < -0.4 is 10.6 Å². The number of aryl methyl sites for hydroxylation is 1. The fourth-order valence-electron chi connectivity index (χ4n) is 1.91. The zero-order valence-corrected chi connectivity index (χ0v) is 11.8. The van der Waals surface area contributed by atoms with Gasteiger partial charge in [0.1, 0.15) is 6.04 Å². The van der Waals surface area contributed by atoms with Gasteiger partial charge in [-0.2, -0.15) is 0 Å². The molecule has 6 nitrogen and oxygen atoms in total. The van der Waals surface area contributed by atoms with Gasteiger partial charge in [-0.05, 0) is 26.7 Å². The molecule has 1 aliphatic rings. The van der Waals surface area contributed by atoms with Gasteiger partial charge in [0, 0.05) is 11.4 Å². The van der Waals surface area contributed by atoms with Gasteiger partial charge < -0.3 is 15.4 Å². The zero-order chi connectivity index (χ0) is 13.8. The molecule has 2 rings (SSSR count). The summed E-state index contributed by atoms with van der Waals surface area (Å²) in [5.41, 5.74) is 0.325. The largest absolute Gasteiger partial charge is 0.461 e. The van der Waals surface area contributed by atoms with Crippen molar-refractivity contribution in [2.45, 2.75) is 32.7 Å². The average Bonchev–Trinajstić information content (AvgIpc) is 2.74. The molecule has 1 amide bonds. The second kappa shape index (κ2) is 6.01. The van der Waals surface area contributed by atoms with Gasteiger partial charge in [-0.15, -0.1) is 11.3 Å². The molecule has 0 saturated carbocycles. The average molecular weight is 283 g/mol. The zero-order valence-electron chi connectivity index (χ0n) is 11.0. The third-order valence-electron chi connectivity index (χ3n) is 2.85. The number of esters is 1. The van der Waals surface area contributed by atoms with E-state index in [0.717, 1.165) is 24.3 Å². The highest BCUT2D eigenvalue weighted by Crippen LogP contribution is 2.24. The van der Waals surface area contributed by atoms with E-state index in [4.69, 9.17) is 4.74 Å². The molecule has 2 N–H and O–H groups in total. The van der Waals surface area contributed by atoms with Crippen molar-refractivity contribution in [2.24, 2.45) is 0 Å². The summed E-state index contributed by atoms with van der Waals surface area (Å²) in [4.78, 5) is 28.3. The number of ether oxygens (including phenoxy) is 1. The van der Waals surface area contributed by atoms with Gasteiger partial charge in [-0.3, -0.25) is 4.79 Å². The summed E-state index contributed by atoms with van der Waals surface area (Å²) in [5.74, 6) is -0.436. The number of amides is 1. The summed E-state index contributed by atoms with van der Waals surface area (Å²) < 4.78 is 4.93. The minimum absolute atomic E-state index is 0.0169. The Morgan fingerprint density at radius 3 is 3.11 bits per heavy atom. The first-order chi connectivity index (χ1) is 9.11. The maximum atomic E-state index is 11.7. The number of carbonyl (C=O) groups is 2. The molecule has 1 saturated heterocycles. The highest BCUT2D eigenvalue weighted by molar-refractivity contribution is 7.15. The van der Waals surface area contributed by atoms with Crippen LogP contribution in [0.1, 0.15) is 35.1 Å². The van der Waals surface area contributed by atoms with Crippen molar-refractivity contribution in [3.8, 4) is 0 Å². The van der Waals surface area contributed by atoms with E-state index in [1.165, 1.54) is 11.3 Å². The predicted molar refractivity (Wildman–Crippen MR) is 72.5 cm³/mol. The molecule has 0 bridgehead atoms. The highest BCUT2D eigenvalue weighted by atomic mass is 32.1. The molecule has 7 heteroatoms. The van der Waals surface area contributed by atoms with E-state index in [2.05, 4.69) is 15.6 Å². The monoisotopic (exact) mass is 283 g/mol. The first kappa shape index (κ1) is 13.8. The number of aromatic nitrogens is 1. The lowest BCUT2D eigenvalue weighted by Gasteiger charge is -2.22. The lowest BCUT2D eigenvalue weighted by atomic mass is 10.1. The summed E-state index contributed by atoms with van der Waals surface area (Å²) in [5, 5.41) is 6.46. The topological polar surface area (TPSA) is 80.3 Å². The minimum Gasteiger partial charge on any atom is -0.461 e. The van der Waals surface area contributed by atoms with Crippen molar-refractivity contribution < 1.29 is 14.3 Å². The number of hydrogen-bond acceptors (Lipinski definition) is 6. The molecular formula is C12H17N3O3S. The van der Waals surface area contributed by atoms with E-state index < -0.39 is 5.97 Å². The van der Waals surface area contributed by atoms with Crippen LogP contribution in [-0.4, -0.2) is 36.1 Å². The molecule has 1 aromatic rings. The van der Waals surface area contributed by atoms with Gasteiger partial charge in [-0.1, -0.05) is 0 Å². The SMILES string of the molecule is CCOC(=O)c1nc(NC2CCCNC2=O)sc1C. The van der Waals surface area contributed by atoms with E-state index in [-0.39, 0.29) is 11.9 Å². The van der Waals surface area contributed by atoms with E-state index in [0.29, 0.717) is 17.4 Å². The van der Waals surface area contributed by atoms with E-state index in [1.54, 1.807) is 6.92 Å². The smallest absolute Gasteiger partial charge is 0.358 e. The number of hydrogen-bond donors (Lipinski definition) is 2. The molecule has 2 heterocycles. The molecule has 0 spiro atoms. The molecule has 0 radical (unpaired) electrons. The molecule has 1 aromatic heterocycles. The number of anilines is 1. The van der Waals surface area contributed by atoms with E-state index in [1.807, 2.05) is 6.92 Å². The van der Waals surface area contributed by atoms with Crippen molar-refractivity contribution in [3.05, 3.63) is 10.6 Å². The van der Waals surface area contributed by atoms with Gasteiger partial charge in [0.2, 0.25) is 5.91 Å². The lowest BCUT2D eigenvalue weighted by molar-refractivity contribution is -0.123. The summed E-state index contributed by atoms with van der Waals surface area (Å²) in [7, 11) is 0. The predicted octanol–water partition coefficient (Wildman–Crippen LogP) is 1.32. The van der Waals surface area contributed by atoms with Crippen LogP contribution in [-0.2, 0) is 9.53 Å². The summed E-state index contributed by atoms with van der Waals surface area (Å²) in [6.07, 6.45) is 1.72. The van der Waals surface area contributed by atoms with Crippen LogP contribution in [0.25, 0.3) is 0 Å². The normalized spacial score (nSPS) is 18.8. The highest BCUT2D eigenvalue weighted by Gasteiger charge is 2.24. The fraction of sp³-hybridized carbons (Fsp3) is 0.583. The summed E-state index contributed by atoms with van der Waals surface area (Å²) in [6, 6.07) is -0.269. The minimum atomic E-state index is -0.419. The third kappa shape index (κ3) is 3.23. The number of nitrogens with one attached hydrogen (secondary N) is 2.